The van der Waals surface area contributed by atoms with E-state index in [1.807, 2.05) is 0 Å². The standard InChI is InChI=1S/C10H13ClN2O2/c1-15-9-4-2-8(3-5-9)13-10(14)12-7-6-11/h2-5H,6-7H2,1H3,(H2,12,13,14). The van der Waals surface area contributed by atoms with E-state index in [2.05, 4.69) is 10.6 Å². The highest BCUT2D eigenvalue weighted by atomic mass is 35.5. The second kappa shape index (κ2) is 6.14. The molecule has 0 spiro atoms. The summed E-state index contributed by atoms with van der Waals surface area (Å²) in [6, 6.07) is 6.81. The number of carbonyl (C=O) groups is 1. The van der Waals surface area contributed by atoms with Crippen LogP contribution in [0.2, 0.25) is 0 Å². The van der Waals surface area contributed by atoms with Gasteiger partial charge in [0.25, 0.3) is 0 Å². The largest absolute Gasteiger partial charge is 0.497 e. The summed E-state index contributed by atoms with van der Waals surface area (Å²) >= 11 is 5.43. The Hall–Kier alpha value is -1.42. The van der Waals surface area contributed by atoms with E-state index in [9.17, 15) is 4.79 Å². The molecule has 0 heterocycles. The van der Waals surface area contributed by atoms with Crippen molar-refractivity contribution in [2.75, 3.05) is 24.9 Å². The summed E-state index contributed by atoms with van der Waals surface area (Å²) in [6.07, 6.45) is 0. The predicted molar refractivity (Wildman–Crippen MR) is 60.7 cm³/mol. The van der Waals surface area contributed by atoms with Crippen LogP contribution < -0.4 is 15.4 Å². The first-order chi connectivity index (χ1) is 7.26. The molecule has 5 heteroatoms. The van der Waals surface area contributed by atoms with Gasteiger partial charge < -0.3 is 15.4 Å². The molecule has 0 aliphatic carbocycles. The Morgan fingerprint density at radius 2 is 2.07 bits per heavy atom. The van der Waals surface area contributed by atoms with Gasteiger partial charge >= 0.3 is 6.03 Å². The van der Waals surface area contributed by atoms with E-state index in [1.54, 1.807) is 31.4 Å². The molecule has 1 aromatic rings. The second-order valence-electron chi connectivity index (χ2n) is 2.80. The summed E-state index contributed by atoms with van der Waals surface area (Å²) in [5.74, 6) is 1.15. The van der Waals surface area contributed by atoms with E-state index < -0.39 is 0 Å². The lowest BCUT2D eigenvalue weighted by atomic mass is 10.3. The number of carbonyl (C=O) groups excluding carboxylic acids is 1. The van der Waals surface area contributed by atoms with Crippen molar-refractivity contribution < 1.29 is 9.53 Å². The van der Waals surface area contributed by atoms with E-state index >= 15 is 0 Å². The normalized spacial score (nSPS) is 9.47. The first-order valence-corrected chi connectivity index (χ1v) is 5.04. The Labute approximate surface area is 93.6 Å². The minimum absolute atomic E-state index is 0.263. The van der Waals surface area contributed by atoms with Gasteiger partial charge in [-0.1, -0.05) is 0 Å². The van der Waals surface area contributed by atoms with Gasteiger partial charge in [-0.15, -0.1) is 11.6 Å². The van der Waals surface area contributed by atoms with Crippen LogP contribution in [0.25, 0.3) is 0 Å². The first-order valence-electron chi connectivity index (χ1n) is 4.51. The maximum atomic E-state index is 11.2. The van der Waals surface area contributed by atoms with Crippen molar-refractivity contribution in [1.82, 2.24) is 5.32 Å². The number of alkyl halides is 1. The number of methoxy groups -OCH3 is 1. The van der Waals surface area contributed by atoms with Crippen LogP contribution in [0.4, 0.5) is 10.5 Å². The highest BCUT2D eigenvalue weighted by Gasteiger charge is 1.99. The highest BCUT2D eigenvalue weighted by Crippen LogP contribution is 2.14. The van der Waals surface area contributed by atoms with Crippen LogP contribution in [0, 0.1) is 0 Å². The first kappa shape index (κ1) is 11.7. The van der Waals surface area contributed by atoms with Crippen molar-refractivity contribution in [2.45, 2.75) is 0 Å². The van der Waals surface area contributed by atoms with Crippen molar-refractivity contribution in [1.29, 1.82) is 0 Å². The zero-order valence-corrected chi connectivity index (χ0v) is 9.17. The van der Waals surface area contributed by atoms with Gasteiger partial charge in [0, 0.05) is 18.1 Å². The number of urea groups is 1. The molecule has 0 aromatic heterocycles. The van der Waals surface area contributed by atoms with Gasteiger partial charge in [-0.2, -0.15) is 0 Å². The number of nitrogens with one attached hydrogen (secondary N) is 2. The Bertz CT molecular complexity index is 314. The minimum Gasteiger partial charge on any atom is -0.497 e. The summed E-state index contributed by atoms with van der Waals surface area (Å²) in [6.45, 7) is 0.448. The molecule has 0 aliphatic heterocycles. The number of amides is 2. The lowest BCUT2D eigenvalue weighted by Gasteiger charge is -2.06. The van der Waals surface area contributed by atoms with E-state index in [4.69, 9.17) is 16.3 Å². The molecule has 0 fully saturated rings. The molecule has 4 nitrogen and oxygen atoms in total. The molecule has 0 bridgehead atoms. The number of hydrogen-bond acceptors (Lipinski definition) is 2. The van der Waals surface area contributed by atoms with Crippen LogP contribution in [0.5, 0.6) is 5.75 Å². The van der Waals surface area contributed by atoms with Crippen LogP contribution in [-0.2, 0) is 0 Å². The molecule has 0 unspecified atom stereocenters. The second-order valence-corrected chi connectivity index (χ2v) is 3.18. The van der Waals surface area contributed by atoms with Gasteiger partial charge in [-0.25, -0.2) is 4.79 Å². The summed E-state index contributed by atoms with van der Waals surface area (Å²) in [5, 5.41) is 5.26. The Balaban J connectivity index is 2.46. The van der Waals surface area contributed by atoms with Gasteiger partial charge in [0.05, 0.1) is 7.11 Å². The third-order valence-electron chi connectivity index (χ3n) is 1.73. The Kier molecular flexibility index (Phi) is 4.77. The molecule has 1 aromatic carbocycles. The number of benzene rings is 1. The lowest BCUT2D eigenvalue weighted by molar-refractivity contribution is 0.252. The molecule has 82 valence electrons. The van der Waals surface area contributed by atoms with Gasteiger partial charge in [-0.05, 0) is 24.3 Å². The van der Waals surface area contributed by atoms with E-state index in [1.165, 1.54) is 0 Å². The van der Waals surface area contributed by atoms with Crippen molar-refractivity contribution in [3.05, 3.63) is 24.3 Å². The Morgan fingerprint density at radius 1 is 1.40 bits per heavy atom. The summed E-state index contributed by atoms with van der Waals surface area (Å²) in [7, 11) is 1.59. The van der Waals surface area contributed by atoms with Gasteiger partial charge in [0.1, 0.15) is 5.75 Å². The number of ether oxygens (including phenoxy) is 1. The summed E-state index contributed by atoms with van der Waals surface area (Å²) in [5.41, 5.74) is 0.711. The highest BCUT2D eigenvalue weighted by molar-refractivity contribution is 6.18. The topological polar surface area (TPSA) is 50.4 Å². The average Bonchev–Trinajstić information content (AvgIpc) is 2.27. The molecule has 1 rings (SSSR count). The lowest BCUT2D eigenvalue weighted by Crippen LogP contribution is -2.30. The fraction of sp³-hybridized carbons (Fsp3) is 0.300. The van der Waals surface area contributed by atoms with Crippen LogP contribution in [0.1, 0.15) is 0 Å². The van der Waals surface area contributed by atoms with Crippen LogP contribution in [0.3, 0.4) is 0 Å². The molecule has 0 aliphatic rings. The molecule has 2 N–H and O–H groups in total. The fourth-order valence-electron chi connectivity index (χ4n) is 1.01. The Morgan fingerprint density at radius 3 is 2.60 bits per heavy atom. The molecule has 15 heavy (non-hydrogen) atoms. The molecule has 0 radical (unpaired) electrons. The van der Waals surface area contributed by atoms with Gasteiger partial charge in [0.2, 0.25) is 0 Å². The maximum absolute atomic E-state index is 11.2. The summed E-state index contributed by atoms with van der Waals surface area (Å²) in [4.78, 5) is 11.2. The fourth-order valence-corrected chi connectivity index (χ4v) is 1.10. The average molecular weight is 229 g/mol. The molecule has 2 amide bonds. The van der Waals surface area contributed by atoms with Crippen molar-refractivity contribution >= 4 is 23.3 Å². The predicted octanol–water partition coefficient (Wildman–Crippen LogP) is 2.06. The van der Waals surface area contributed by atoms with Gasteiger partial charge in [-0.3, -0.25) is 0 Å². The quantitative estimate of drug-likeness (QED) is 0.775. The molecule has 0 saturated heterocycles. The molecular weight excluding hydrogens is 216 g/mol. The number of hydrogen-bond donors (Lipinski definition) is 2. The third-order valence-corrected chi connectivity index (χ3v) is 1.92. The zero-order chi connectivity index (χ0) is 11.1. The SMILES string of the molecule is COc1ccc(NC(=O)NCCCl)cc1. The minimum atomic E-state index is -0.263. The van der Waals surface area contributed by atoms with E-state index in [-0.39, 0.29) is 6.03 Å². The van der Waals surface area contributed by atoms with E-state index in [0.29, 0.717) is 18.1 Å². The zero-order valence-electron chi connectivity index (χ0n) is 8.42. The van der Waals surface area contributed by atoms with E-state index in [0.717, 1.165) is 5.75 Å². The number of halogens is 1. The molecule has 0 atom stereocenters. The van der Waals surface area contributed by atoms with Crippen molar-refractivity contribution in [3.8, 4) is 5.75 Å². The molecule has 0 saturated carbocycles. The van der Waals surface area contributed by atoms with Crippen LogP contribution in [-0.4, -0.2) is 25.6 Å². The number of rotatable bonds is 4. The number of anilines is 1. The summed E-state index contributed by atoms with van der Waals surface area (Å²) < 4.78 is 4.99. The van der Waals surface area contributed by atoms with Crippen molar-refractivity contribution in [2.24, 2.45) is 0 Å². The van der Waals surface area contributed by atoms with Gasteiger partial charge in [0.15, 0.2) is 0 Å². The molecular formula is C10H13ClN2O2. The smallest absolute Gasteiger partial charge is 0.319 e. The monoisotopic (exact) mass is 228 g/mol. The third kappa shape index (κ3) is 4.08. The van der Waals surface area contributed by atoms with Crippen molar-refractivity contribution in [3.63, 3.8) is 0 Å². The van der Waals surface area contributed by atoms with Crippen LogP contribution in [0.15, 0.2) is 24.3 Å². The maximum Gasteiger partial charge on any atom is 0.319 e. The van der Waals surface area contributed by atoms with Crippen LogP contribution >= 0.6 is 11.6 Å².